The minimum absolute atomic E-state index is 0.851. The standard InChI is InChI=1S/C10H12N2S/c11-9-13-7-6-12-8-10-4-2-1-3-5-10/h1-5,12H,6-8H2. The molecule has 0 aromatic heterocycles. The van der Waals surface area contributed by atoms with Gasteiger partial charge in [0.15, 0.2) is 0 Å². The second-order valence-corrected chi connectivity index (χ2v) is 3.48. The van der Waals surface area contributed by atoms with Crippen LogP contribution in [0.15, 0.2) is 30.3 Å². The molecule has 0 aliphatic heterocycles. The fraction of sp³-hybridized carbons (Fsp3) is 0.300. The fourth-order valence-electron chi connectivity index (χ4n) is 0.997. The van der Waals surface area contributed by atoms with E-state index in [2.05, 4.69) is 17.4 Å². The largest absolute Gasteiger partial charge is 0.312 e. The maximum absolute atomic E-state index is 8.27. The number of hydrogen-bond donors (Lipinski definition) is 1. The molecule has 1 aromatic rings. The third kappa shape index (κ3) is 4.56. The summed E-state index contributed by atoms with van der Waals surface area (Å²) in [5.41, 5.74) is 1.28. The number of nitrogens with one attached hydrogen (secondary N) is 1. The van der Waals surface area contributed by atoms with Crippen molar-refractivity contribution < 1.29 is 0 Å². The highest BCUT2D eigenvalue weighted by Gasteiger charge is 1.90. The van der Waals surface area contributed by atoms with Crippen LogP contribution in [0.2, 0.25) is 0 Å². The van der Waals surface area contributed by atoms with Crippen LogP contribution in [0.1, 0.15) is 5.56 Å². The summed E-state index contributed by atoms with van der Waals surface area (Å²) in [4.78, 5) is 0. The second kappa shape index (κ2) is 6.53. The number of thioether (sulfide) groups is 1. The van der Waals surface area contributed by atoms with Crippen LogP contribution in [-0.4, -0.2) is 12.3 Å². The van der Waals surface area contributed by atoms with E-state index in [0.717, 1.165) is 18.8 Å². The fourth-order valence-corrected chi connectivity index (χ4v) is 1.34. The van der Waals surface area contributed by atoms with Crippen LogP contribution in [-0.2, 0) is 6.54 Å². The Labute approximate surface area is 83.0 Å². The van der Waals surface area contributed by atoms with Gasteiger partial charge in [0.25, 0.3) is 0 Å². The van der Waals surface area contributed by atoms with Gasteiger partial charge >= 0.3 is 0 Å². The average Bonchev–Trinajstić information content (AvgIpc) is 2.19. The Morgan fingerprint density at radius 2 is 2.08 bits per heavy atom. The summed E-state index contributed by atoms with van der Waals surface area (Å²) in [5.74, 6) is 0.851. The Balaban J connectivity index is 2.11. The number of hydrogen-bond acceptors (Lipinski definition) is 3. The van der Waals surface area contributed by atoms with Crippen molar-refractivity contribution in [1.82, 2.24) is 5.32 Å². The van der Waals surface area contributed by atoms with Gasteiger partial charge in [0, 0.05) is 18.8 Å². The Kier molecular flexibility index (Phi) is 5.07. The third-order valence-electron chi connectivity index (χ3n) is 1.62. The Bertz CT molecular complexity index is 266. The average molecular weight is 192 g/mol. The van der Waals surface area contributed by atoms with Crippen molar-refractivity contribution >= 4 is 11.8 Å². The lowest BCUT2D eigenvalue weighted by atomic mass is 10.2. The van der Waals surface area contributed by atoms with Crippen LogP contribution in [0, 0.1) is 10.7 Å². The molecule has 0 spiro atoms. The molecule has 0 aliphatic rings. The first-order valence-electron chi connectivity index (χ1n) is 4.19. The van der Waals surface area contributed by atoms with Gasteiger partial charge in [-0.3, -0.25) is 0 Å². The molecule has 1 rings (SSSR count). The quantitative estimate of drug-likeness (QED) is 0.572. The molecule has 0 atom stereocenters. The Morgan fingerprint density at radius 1 is 1.31 bits per heavy atom. The molecule has 0 radical (unpaired) electrons. The van der Waals surface area contributed by atoms with Gasteiger partial charge in [-0.05, 0) is 17.3 Å². The van der Waals surface area contributed by atoms with Gasteiger partial charge < -0.3 is 5.32 Å². The molecule has 0 heterocycles. The molecule has 3 heteroatoms. The summed E-state index contributed by atoms with van der Waals surface area (Å²) in [5, 5.41) is 13.6. The smallest absolute Gasteiger partial charge is 0.133 e. The summed E-state index contributed by atoms with van der Waals surface area (Å²) < 4.78 is 0. The van der Waals surface area contributed by atoms with Gasteiger partial charge in [-0.1, -0.05) is 30.3 Å². The highest BCUT2D eigenvalue weighted by Crippen LogP contribution is 1.97. The predicted octanol–water partition coefficient (Wildman–Crippen LogP) is 1.99. The summed E-state index contributed by atoms with van der Waals surface area (Å²) in [6.07, 6.45) is 0. The second-order valence-electron chi connectivity index (χ2n) is 2.60. The number of rotatable bonds is 5. The van der Waals surface area contributed by atoms with Crippen LogP contribution < -0.4 is 5.32 Å². The first-order chi connectivity index (χ1) is 6.43. The maximum Gasteiger partial charge on any atom is 0.133 e. The van der Waals surface area contributed by atoms with Gasteiger partial charge in [-0.15, -0.1) is 0 Å². The lowest BCUT2D eigenvalue weighted by Gasteiger charge is -2.01. The van der Waals surface area contributed by atoms with E-state index in [9.17, 15) is 0 Å². The zero-order chi connectivity index (χ0) is 9.36. The molecule has 0 unspecified atom stereocenters. The van der Waals surface area contributed by atoms with E-state index in [-0.39, 0.29) is 0 Å². The molecule has 68 valence electrons. The molecule has 2 nitrogen and oxygen atoms in total. The Hall–Kier alpha value is -0.980. The number of nitrogens with zero attached hydrogens (tertiary/aromatic N) is 1. The third-order valence-corrected chi connectivity index (χ3v) is 2.15. The van der Waals surface area contributed by atoms with E-state index in [0.29, 0.717) is 0 Å². The van der Waals surface area contributed by atoms with Crippen molar-refractivity contribution in [3.05, 3.63) is 35.9 Å². The summed E-state index contributed by atoms with van der Waals surface area (Å²) >= 11 is 1.29. The van der Waals surface area contributed by atoms with Crippen LogP contribution in [0.5, 0.6) is 0 Å². The maximum atomic E-state index is 8.27. The highest BCUT2D eigenvalue weighted by atomic mass is 32.2. The van der Waals surface area contributed by atoms with Crippen molar-refractivity contribution in [3.63, 3.8) is 0 Å². The van der Waals surface area contributed by atoms with Gasteiger partial charge in [-0.2, -0.15) is 5.26 Å². The van der Waals surface area contributed by atoms with E-state index in [1.807, 2.05) is 23.6 Å². The number of nitriles is 1. The molecule has 13 heavy (non-hydrogen) atoms. The summed E-state index contributed by atoms with van der Waals surface area (Å²) in [6.45, 7) is 1.76. The van der Waals surface area contributed by atoms with Crippen molar-refractivity contribution in [2.24, 2.45) is 0 Å². The molecule has 0 bridgehead atoms. The van der Waals surface area contributed by atoms with E-state index >= 15 is 0 Å². The van der Waals surface area contributed by atoms with Gasteiger partial charge in [0.1, 0.15) is 5.40 Å². The first-order valence-corrected chi connectivity index (χ1v) is 5.17. The van der Waals surface area contributed by atoms with Crippen LogP contribution in [0.4, 0.5) is 0 Å². The van der Waals surface area contributed by atoms with Crippen LogP contribution >= 0.6 is 11.8 Å². The molecule has 0 saturated heterocycles. The molecule has 0 fully saturated rings. The monoisotopic (exact) mass is 192 g/mol. The molecule has 1 N–H and O–H groups in total. The van der Waals surface area contributed by atoms with E-state index in [1.165, 1.54) is 17.3 Å². The minimum atomic E-state index is 0.851. The lowest BCUT2D eigenvalue weighted by Crippen LogP contribution is -2.16. The molecule has 1 aromatic carbocycles. The van der Waals surface area contributed by atoms with Crippen LogP contribution in [0.25, 0.3) is 0 Å². The normalized spacial score (nSPS) is 9.46. The molecule has 0 amide bonds. The van der Waals surface area contributed by atoms with Crippen LogP contribution in [0.3, 0.4) is 0 Å². The van der Waals surface area contributed by atoms with E-state index in [1.54, 1.807) is 0 Å². The lowest BCUT2D eigenvalue weighted by molar-refractivity contribution is 0.732. The van der Waals surface area contributed by atoms with Gasteiger partial charge in [0.2, 0.25) is 0 Å². The zero-order valence-electron chi connectivity index (χ0n) is 7.36. The van der Waals surface area contributed by atoms with E-state index in [4.69, 9.17) is 5.26 Å². The van der Waals surface area contributed by atoms with Crippen molar-refractivity contribution in [2.45, 2.75) is 6.54 Å². The summed E-state index contributed by atoms with van der Waals surface area (Å²) in [6, 6.07) is 10.2. The van der Waals surface area contributed by atoms with Crippen molar-refractivity contribution in [3.8, 4) is 5.40 Å². The molecule has 0 saturated carbocycles. The zero-order valence-corrected chi connectivity index (χ0v) is 8.18. The van der Waals surface area contributed by atoms with Crippen molar-refractivity contribution in [1.29, 1.82) is 5.26 Å². The Morgan fingerprint density at radius 3 is 2.77 bits per heavy atom. The predicted molar refractivity (Wildman–Crippen MR) is 56.2 cm³/mol. The molecular formula is C10H12N2S. The SMILES string of the molecule is N#CSCCNCc1ccccc1. The van der Waals surface area contributed by atoms with Crippen molar-refractivity contribution in [2.75, 3.05) is 12.3 Å². The highest BCUT2D eigenvalue weighted by molar-refractivity contribution is 8.03. The molecular weight excluding hydrogens is 180 g/mol. The molecule has 0 aliphatic carbocycles. The van der Waals surface area contributed by atoms with Gasteiger partial charge in [-0.25, -0.2) is 0 Å². The van der Waals surface area contributed by atoms with Gasteiger partial charge in [0.05, 0.1) is 0 Å². The topological polar surface area (TPSA) is 35.8 Å². The van der Waals surface area contributed by atoms with E-state index < -0.39 is 0 Å². The minimum Gasteiger partial charge on any atom is -0.312 e. The summed E-state index contributed by atoms with van der Waals surface area (Å²) in [7, 11) is 0. The number of benzene rings is 1. The number of thiocyanates is 1. The first kappa shape index (κ1) is 10.1.